The molecule has 1 saturated carbocycles. The molecule has 19 heavy (non-hydrogen) atoms. The lowest BCUT2D eigenvalue weighted by Crippen LogP contribution is -2.41. The summed E-state index contributed by atoms with van der Waals surface area (Å²) in [5, 5.41) is 4.02. The normalized spacial score (nSPS) is 17.2. The van der Waals surface area contributed by atoms with E-state index in [1.807, 2.05) is 6.07 Å². The smallest absolute Gasteiger partial charge is 0.234 e. The van der Waals surface area contributed by atoms with Gasteiger partial charge in [-0.15, -0.1) is 0 Å². The maximum absolute atomic E-state index is 5.84. The number of nitrogens with zero attached hydrogens (tertiary/aromatic N) is 3. The quantitative estimate of drug-likeness (QED) is 0.875. The van der Waals surface area contributed by atoms with Crippen LogP contribution in [0, 0.1) is 0 Å². The third-order valence-corrected chi connectivity index (χ3v) is 4.64. The van der Waals surface area contributed by atoms with Crippen molar-refractivity contribution in [3.8, 4) is 11.5 Å². The number of nitrogens with two attached hydrogens (primary N) is 1. The van der Waals surface area contributed by atoms with E-state index < -0.39 is 0 Å². The van der Waals surface area contributed by atoms with Crippen molar-refractivity contribution in [3.63, 3.8) is 0 Å². The summed E-state index contributed by atoms with van der Waals surface area (Å²) in [6.45, 7) is 0.545. The van der Waals surface area contributed by atoms with Crippen molar-refractivity contribution >= 4 is 31.9 Å². The minimum absolute atomic E-state index is 0.118. The fraction of sp³-hybridized carbons (Fsp3) is 0.417. The van der Waals surface area contributed by atoms with E-state index in [4.69, 9.17) is 10.3 Å². The Hall–Kier alpha value is -0.790. The van der Waals surface area contributed by atoms with E-state index >= 15 is 0 Å². The predicted octanol–water partition coefficient (Wildman–Crippen LogP) is 3.04. The number of aromatic nitrogens is 3. The summed E-state index contributed by atoms with van der Waals surface area (Å²) in [6, 6.07) is 1.90. The third kappa shape index (κ3) is 2.23. The summed E-state index contributed by atoms with van der Waals surface area (Å²) in [4.78, 5) is 8.77. The second kappa shape index (κ2) is 4.96. The van der Waals surface area contributed by atoms with Crippen LogP contribution in [-0.2, 0) is 5.41 Å². The molecule has 1 fully saturated rings. The molecule has 0 aliphatic heterocycles. The molecule has 0 radical (unpaired) electrons. The van der Waals surface area contributed by atoms with Gasteiger partial charge in [0, 0.05) is 21.7 Å². The average molecular weight is 388 g/mol. The Balaban J connectivity index is 1.97. The molecule has 7 heteroatoms. The predicted molar refractivity (Wildman–Crippen MR) is 77.5 cm³/mol. The monoisotopic (exact) mass is 386 g/mol. The molecule has 0 saturated heterocycles. The van der Waals surface area contributed by atoms with Gasteiger partial charge in [-0.3, -0.25) is 4.98 Å². The van der Waals surface area contributed by atoms with Crippen LogP contribution in [0.5, 0.6) is 0 Å². The molecule has 0 amide bonds. The SMILES string of the molecule is NCC1(c2nc(-c3ncc(Br)cc3Br)no2)CCC1. The van der Waals surface area contributed by atoms with E-state index in [1.54, 1.807) is 6.20 Å². The van der Waals surface area contributed by atoms with Crippen LogP contribution in [0.3, 0.4) is 0 Å². The summed E-state index contributed by atoms with van der Waals surface area (Å²) < 4.78 is 7.11. The number of rotatable bonds is 3. The molecule has 2 heterocycles. The standard InChI is InChI=1S/C12H12Br2N4O/c13-7-4-8(14)9(16-5-7)10-17-11(19-18-10)12(6-15)2-1-3-12/h4-5H,1-3,6,15H2. The zero-order chi connectivity index (χ0) is 13.5. The summed E-state index contributed by atoms with van der Waals surface area (Å²) in [7, 11) is 0. The molecule has 2 aromatic rings. The van der Waals surface area contributed by atoms with Crippen molar-refractivity contribution in [1.82, 2.24) is 15.1 Å². The first-order valence-electron chi connectivity index (χ1n) is 6.00. The van der Waals surface area contributed by atoms with Crippen LogP contribution in [0.15, 0.2) is 25.7 Å². The molecule has 0 atom stereocenters. The molecule has 5 nitrogen and oxygen atoms in total. The zero-order valence-electron chi connectivity index (χ0n) is 10.1. The summed E-state index contributed by atoms with van der Waals surface area (Å²) in [5.74, 6) is 1.13. The van der Waals surface area contributed by atoms with Gasteiger partial charge in [-0.05, 0) is 50.8 Å². The first-order valence-corrected chi connectivity index (χ1v) is 7.59. The van der Waals surface area contributed by atoms with Gasteiger partial charge in [-0.25, -0.2) is 0 Å². The fourth-order valence-corrected chi connectivity index (χ4v) is 3.39. The highest BCUT2D eigenvalue weighted by atomic mass is 79.9. The highest BCUT2D eigenvalue weighted by Crippen LogP contribution is 2.42. The highest BCUT2D eigenvalue weighted by Gasteiger charge is 2.42. The van der Waals surface area contributed by atoms with Gasteiger partial charge in [0.2, 0.25) is 11.7 Å². The van der Waals surface area contributed by atoms with Crippen molar-refractivity contribution in [2.45, 2.75) is 24.7 Å². The molecular formula is C12H12Br2N4O. The highest BCUT2D eigenvalue weighted by molar-refractivity contribution is 9.11. The van der Waals surface area contributed by atoms with Crippen LogP contribution in [-0.4, -0.2) is 21.7 Å². The van der Waals surface area contributed by atoms with Crippen molar-refractivity contribution in [2.75, 3.05) is 6.54 Å². The minimum Gasteiger partial charge on any atom is -0.338 e. The van der Waals surface area contributed by atoms with Crippen LogP contribution in [0.4, 0.5) is 0 Å². The van der Waals surface area contributed by atoms with E-state index in [0.717, 1.165) is 28.2 Å². The van der Waals surface area contributed by atoms with Crippen LogP contribution < -0.4 is 5.73 Å². The van der Waals surface area contributed by atoms with E-state index in [9.17, 15) is 0 Å². The van der Waals surface area contributed by atoms with Crippen LogP contribution in [0.1, 0.15) is 25.2 Å². The fourth-order valence-electron chi connectivity index (χ4n) is 2.22. The van der Waals surface area contributed by atoms with Gasteiger partial charge in [0.05, 0.1) is 5.41 Å². The Bertz CT molecular complexity index is 604. The third-order valence-electron chi connectivity index (χ3n) is 3.60. The molecule has 0 aromatic carbocycles. The molecule has 0 bridgehead atoms. The Morgan fingerprint density at radius 3 is 2.74 bits per heavy atom. The molecule has 0 unspecified atom stereocenters. The van der Waals surface area contributed by atoms with Gasteiger partial charge in [0.15, 0.2) is 0 Å². The first-order chi connectivity index (χ1) is 9.14. The van der Waals surface area contributed by atoms with Crippen molar-refractivity contribution in [2.24, 2.45) is 5.73 Å². The average Bonchev–Trinajstić information content (AvgIpc) is 2.78. The Morgan fingerprint density at radius 1 is 1.37 bits per heavy atom. The van der Waals surface area contributed by atoms with Crippen LogP contribution >= 0.6 is 31.9 Å². The van der Waals surface area contributed by atoms with Gasteiger partial charge in [0.1, 0.15) is 5.69 Å². The summed E-state index contributed by atoms with van der Waals surface area (Å²) in [6.07, 6.45) is 4.90. The Morgan fingerprint density at radius 2 is 2.16 bits per heavy atom. The van der Waals surface area contributed by atoms with E-state index in [0.29, 0.717) is 24.0 Å². The molecule has 0 spiro atoms. The number of hydrogen-bond acceptors (Lipinski definition) is 5. The Labute approximate surface area is 127 Å². The lowest BCUT2D eigenvalue weighted by Gasteiger charge is -2.36. The van der Waals surface area contributed by atoms with Gasteiger partial charge < -0.3 is 10.3 Å². The summed E-state index contributed by atoms with van der Waals surface area (Å²) in [5.41, 5.74) is 6.39. The van der Waals surface area contributed by atoms with Crippen molar-refractivity contribution in [3.05, 3.63) is 27.1 Å². The van der Waals surface area contributed by atoms with E-state index in [-0.39, 0.29) is 5.41 Å². The molecule has 2 N–H and O–H groups in total. The van der Waals surface area contributed by atoms with Crippen LogP contribution in [0.25, 0.3) is 11.5 Å². The maximum atomic E-state index is 5.84. The van der Waals surface area contributed by atoms with E-state index in [2.05, 4.69) is 47.0 Å². The van der Waals surface area contributed by atoms with Crippen molar-refractivity contribution in [1.29, 1.82) is 0 Å². The molecular weight excluding hydrogens is 376 g/mol. The minimum atomic E-state index is -0.118. The number of hydrogen-bond donors (Lipinski definition) is 1. The first kappa shape index (κ1) is 13.2. The molecule has 2 aromatic heterocycles. The second-order valence-electron chi connectivity index (χ2n) is 4.75. The topological polar surface area (TPSA) is 77.8 Å². The number of pyridine rings is 1. The zero-order valence-corrected chi connectivity index (χ0v) is 13.2. The van der Waals surface area contributed by atoms with E-state index in [1.165, 1.54) is 0 Å². The molecule has 1 aliphatic rings. The molecule has 1 aliphatic carbocycles. The van der Waals surface area contributed by atoms with Gasteiger partial charge in [0.25, 0.3) is 0 Å². The molecule has 100 valence electrons. The van der Waals surface area contributed by atoms with Gasteiger partial charge in [-0.1, -0.05) is 11.6 Å². The summed E-state index contributed by atoms with van der Waals surface area (Å²) >= 11 is 6.82. The second-order valence-corrected chi connectivity index (χ2v) is 6.52. The lowest BCUT2D eigenvalue weighted by atomic mass is 9.69. The largest absolute Gasteiger partial charge is 0.338 e. The Kier molecular flexibility index (Phi) is 3.44. The lowest BCUT2D eigenvalue weighted by molar-refractivity contribution is 0.182. The number of halogens is 2. The van der Waals surface area contributed by atoms with Crippen LogP contribution in [0.2, 0.25) is 0 Å². The van der Waals surface area contributed by atoms with Crippen molar-refractivity contribution < 1.29 is 4.52 Å². The maximum Gasteiger partial charge on any atom is 0.234 e. The molecule has 3 rings (SSSR count). The van der Waals surface area contributed by atoms with Gasteiger partial charge >= 0.3 is 0 Å². The van der Waals surface area contributed by atoms with Gasteiger partial charge in [-0.2, -0.15) is 4.98 Å².